The van der Waals surface area contributed by atoms with Gasteiger partial charge in [0.2, 0.25) is 0 Å². The monoisotopic (exact) mass is 254 g/mol. The molecular weight excluding hydrogens is 248 g/mol. The van der Waals surface area contributed by atoms with E-state index in [1.165, 1.54) is 0 Å². The summed E-state index contributed by atoms with van der Waals surface area (Å²) in [4.78, 5) is 1.14. The van der Waals surface area contributed by atoms with Gasteiger partial charge < -0.3 is 4.55 Å². The molecule has 1 rings (SSSR count). The van der Waals surface area contributed by atoms with Crippen LogP contribution in [0.15, 0.2) is 9.85 Å². The minimum absolute atomic E-state index is 0.213. The van der Waals surface area contributed by atoms with Gasteiger partial charge in [-0.15, -0.1) is 11.3 Å². The van der Waals surface area contributed by atoms with Crippen LogP contribution in [0.2, 0.25) is 0 Å². The SMILES string of the molecule is Cc1scc(CS(=O)O)c1Br. The maximum Gasteiger partial charge on any atom is 0.157 e. The van der Waals surface area contributed by atoms with E-state index in [0.717, 1.165) is 14.9 Å². The maximum atomic E-state index is 10.4. The Morgan fingerprint density at radius 3 is 2.82 bits per heavy atom. The van der Waals surface area contributed by atoms with Gasteiger partial charge in [-0.25, -0.2) is 4.21 Å². The Bertz CT molecular complexity index is 282. The molecule has 0 aromatic carbocycles. The third-order valence-electron chi connectivity index (χ3n) is 1.25. The van der Waals surface area contributed by atoms with Crippen LogP contribution < -0.4 is 0 Å². The summed E-state index contributed by atoms with van der Waals surface area (Å²) >= 11 is 3.19. The van der Waals surface area contributed by atoms with E-state index < -0.39 is 11.1 Å². The molecule has 2 nitrogen and oxygen atoms in total. The summed E-state index contributed by atoms with van der Waals surface area (Å²) in [6.07, 6.45) is 0. The highest BCUT2D eigenvalue weighted by Gasteiger charge is 2.07. The van der Waals surface area contributed by atoms with E-state index in [-0.39, 0.29) is 5.75 Å². The molecule has 0 saturated heterocycles. The summed E-state index contributed by atoms with van der Waals surface area (Å²) in [7, 11) is 0. The minimum Gasteiger partial charge on any atom is -0.306 e. The smallest absolute Gasteiger partial charge is 0.157 e. The number of thiophene rings is 1. The number of hydrogen-bond donors (Lipinski definition) is 1. The van der Waals surface area contributed by atoms with Crippen LogP contribution in [-0.2, 0) is 16.8 Å². The lowest BCUT2D eigenvalue weighted by Crippen LogP contribution is -1.91. The Hall–Kier alpha value is 0.290. The zero-order valence-corrected chi connectivity index (χ0v) is 9.05. The Morgan fingerprint density at radius 1 is 1.82 bits per heavy atom. The van der Waals surface area contributed by atoms with Crippen molar-refractivity contribution in [3.63, 3.8) is 0 Å². The predicted octanol–water partition coefficient (Wildman–Crippen LogP) is 2.54. The van der Waals surface area contributed by atoms with Crippen LogP contribution in [0.5, 0.6) is 0 Å². The second-order valence-electron chi connectivity index (χ2n) is 2.10. The standard InChI is InChI=1S/C6H7BrO2S2/c1-4-6(7)5(2-10-4)3-11(8)9/h2H,3H2,1H3,(H,8,9). The maximum absolute atomic E-state index is 10.4. The predicted molar refractivity (Wildman–Crippen MR) is 51.2 cm³/mol. The van der Waals surface area contributed by atoms with E-state index in [1.807, 2.05) is 12.3 Å². The van der Waals surface area contributed by atoms with Gasteiger partial charge in [0.05, 0.1) is 5.75 Å². The molecule has 0 bridgehead atoms. The molecule has 0 radical (unpaired) electrons. The number of rotatable bonds is 2. The summed E-state index contributed by atoms with van der Waals surface area (Å²) in [5, 5.41) is 1.90. The summed E-state index contributed by atoms with van der Waals surface area (Å²) in [5.41, 5.74) is 0.910. The number of hydrogen-bond acceptors (Lipinski definition) is 2. The van der Waals surface area contributed by atoms with Crippen molar-refractivity contribution in [2.24, 2.45) is 0 Å². The molecule has 11 heavy (non-hydrogen) atoms. The molecule has 1 aromatic rings. The molecule has 0 aliphatic heterocycles. The lowest BCUT2D eigenvalue weighted by atomic mass is 10.3. The molecule has 1 heterocycles. The van der Waals surface area contributed by atoms with Gasteiger partial charge >= 0.3 is 0 Å². The fourth-order valence-corrected chi connectivity index (χ4v) is 2.95. The van der Waals surface area contributed by atoms with E-state index in [2.05, 4.69) is 15.9 Å². The van der Waals surface area contributed by atoms with Gasteiger partial charge in [0.15, 0.2) is 11.1 Å². The second-order valence-corrected chi connectivity index (χ2v) is 4.91. The first-order valence-corrected chi connectivity index (χ1v) is 5.86. The van der Waals surface area contributed by atoms with Crippen LogP contribution in [0.1, 0.15) is 10.4 Å². The molecule has 0 spiro atoms. The van der Waals surface area contributed by atoms with Crippen LogP contribution in [0.3, 0.4) is 0 Å². The average molecular weight is 255 g/mol. The van der Waals surface area contributed by atoms with Crippen LogP contribution in [0, 0.1) is 6.92 Å². The largest absolute Gasteiger partial charge is 0.306 e. The van der Waals surface area contributed by atoms with E-state index in [1.54, 1.807) is 11.3 Å². The van der Waals surface area contributed by atoms with Crippen LogP contribution in [0.4, 0.5) is 0 Å². The summed E-state index contributed by atoms with van der Waals surface area (Å²) < 4.78 is 20.0. The molecule has 1 N–H and O–H groups in total. The fourth-order valence-electron chi connectivity index (χ4n) is 0.719. The van der Waals surface area contributed by atoms with Crippen molar-refractivity contribution < 1.29 is 8.76 Å². The molecule has 1 atom stereocenters. The van der Waals surface area contributed by atoms with Crippen LogP contribution >= 0.6 is 27.3 Å². The lowest BCUT2D eigenvalue weighted by molar-refractivity contribution is 0.563. The first kappa shape index (κ1) is 9.38. The van der Waals surface area contributed by atoms with Gasteiger partial charge in [0.1, 0.15) is 0 Å². The molecule has 0 fully saturated rings. The third kappa shape index (κ3) is 2.37. The van der Waals surface area contributed by atoms with Crippen molar-refractivity contribution in [1.29, 1.82) is 0 Å². The topological polar surface area (TPSA) is 37.3 Å². The Morgan fingerprint density at radius 2 is 2.45 bits per heavy atom. The number of aryl methyl sites for hydroxylation is 1. The highest BCUT2D eigenvalue weighted by molar-refractivity contribution is 9.10. The molecule has 1 aromatic heterocycles. The van der Waals surface area contributed by atoms with Gasteiger partial charge in [-0.2, -0.15) is 0 Å². The van der Waals surface area contributed by atoms with Crippen molar-refractivity contribution in [2.45, 2.75) is 12.7 Å². The Labute approximate surface area is 80.0 Å². The van der Waals surface area contributed by atoms with Crippen LogP contribution in [0.25, 0.3) is 0 Å². The third-order valence-corrected chi connectivity index (χ3v) is 4.13. The fraction of sp³-hybridized carbons (Fsp3) is 0.333. The van der Waals surface area contributed by atoms with E-state index in [4.69, 9.17) is 4.55 Å². The molecule has 5 heteroatoms. The minimum atomic E-state index is -1.74. The summed E-state index contributed by atoms with van der Waals surface area (Å²) in [6, 6.07) is 0. The molecule has 0 aliphatic rings. The second kappa shape index (κ2) is 3.80. The highest BCUT2D eigenvalue weighted by atomic mass is 79.9. The van der Waals surface area contributed by atoms with Crippen molar-refractivity contribution in [1.82, 2.24) is 0 Å². The van der Waals surface area contributed by atoms with E-state index in [9.17, 15) is 4.21 Å². The Kier molecular flexibility index (Phi) is 3.24. The highest BCUT2D eigenvalue weighted by Crippen LogP contribution is 2.27. The lowest BCUT2D eigenvalue weighted by Gasteiger charge is -1.92. The average Bonchev–Trinajstić information content (AvgIpc) is 2.18. The first-order valence-electron chi connectivity index (χ1n) is 2.91. The first-order chi connectivity index (χ1) is 5.11. The van der Waals surface area contributed by atoms with Crippen molar-refractivity contribution in [2.75, 3.05) is 0 Å². The molecule has 1 unspecified atom stereocenters. The quantitative estimate of drug-likeness (QED) is 0.824. The molecule has 0 amide bonds. The molecule has 0 aliphatic carbocycles. The molecule has 62 valence electrons. The summed E-state index contributed by atoms with van der Waals surface area (Å²) in [6.45, 7) is 1.97. The van der Waals surface area contributed by atoms with E-state index in [0.29, 0.717) is 0 Å². The zero-order valence-electron chi connectivity index (χ0n) is 5.83. The summed E-state index contributed by atoms with van der Waals surface area (Å²) in [5.74, 6) is 0.213. The molecular formula is C6H7BrO2S2. The van der Waals surface area contributed by atoms with Crippen LogP contribution in [-0.4, -0.2) is 8.76 Å². The van der Waals surface area contributed by atoms with Crippen molar-refractivity contribution in [3.05, 3.63) is 20.3 Å². The van der Waals surface area contributed by atoms with Gasteiger partial charge in [0, 0.05) is 9.35 Å². The van der Waals surface area contributed by atoms with Gasteiger partial charge in [-0.3, -0.25) is 0 Å². The van der Waals surface area contributed by atoms with Crippen molar-refractivity contribution >= 4 is 38.3 Å². The zero-order chi connectivity index (χ0) is 8.43. The van der Waals surface area contributed by atoms with Gasteiger partial charge in [-0.1, -0.05) is 0 Å². The number of halogens is 1. The Balaban J connectivity index is 2.87. The normalized spacial score (nSPS) is 13.4. The van der Waals surface area contributed by atoms with Gasteiger partial charge in [0.25, 0.3) is 0 Å². The van der Waals surface area contributed by atoms with Crippen molar-refractivity contribution in [3.8, 4) is 0 Å². The van der Waals surface area contributed by atoms with E-state index >= 15 is 0 Å². The molecule has 0 saturated carbocycles. The van der Waals surface area contributed by atoms with Gasteiger partial charge in [-0.05, 0) is 33.8 Å².